The van der Waals surface area contributed by atoms with Crippen LogP contribution < -0.4 is 16.8 Å². The van der Waals surface area contributed by atoms with Crippen LogP contribution in [-0.4, -0.2) is 25.7 Å². The number of hydrogen-bond donors (Lipinski definition) is 3. The summed E-state index contributed by atoms with van der Waals surface area (Å²) in [6.45, 7) is 2.73. The van der Waals surface area contributed by atoms with Crippen molar-refractivity contribution in [3.05, 3.63) is 23.8 Å². The van der Waals surface area contributed by atoms with Crippen LogP contribution in [0, 0.1) is 0 Å². The van der Waals surface area contributed by atoms with E-state index in [1.165, 1.54) is 0 Å². The number of hydrogen-bond acceptors (Lipinski definition) is 4. The third-order valence-corrected chi connectivity index (χ3v) is 2.49. The van der Waals surface area contributed by atoms with E-state index in [0.29, 0.717) is 17.9 Å². The highest BCUT2D eigenvalue weighted by Gasteiger charge is 2.08. The minimum atomic E-state index is -0.518. The molecule has 0 aliphatic carbocycles. The first-order valence-corrected chi connectivity index (χ1v) is 5.49. The summed E-state index contributed by atoms with van der Waals surface area (Å²) in [7, 11) is 1.67. The molecular formula is C12H19N3O2. The monoisotopic (exact) mass is 237 g/mol. The van der Waals surface area contributed by atoms with Crippen LogP contribution in [-0.2, 0) is 4.74 Å². The van der Waals surface area contributed by atoms with E-state index in [4.69, 9.17) is 16.2 Å². The topological polar surface area (TPSA) is 90.4 Å². The molecule has 0 heterocycles. The van der Waals surface area contributed by atoms with Crippen LogP contribution >= 0.6 is 0 Å². The average molecular weight is 237 g/mol. The maximum absolute atomic E-state index is 11.1. The molecule has 17 heavy (non-hydrogen) atoms. The molecule has 0 bridgehead atoms. The van der Waals surface area contributed by atoms with Crippen molar-refractivity contribution >= 4 is 17.3 Å². The number of carbonyl (C=O) groups excluding carboxylic acids is 1. The van der Waals surface area contributed by atoms with E-state index in [1.807, 2.05) is 13.0 Å². The highest BCUT2D eigenvalue weighted by molar-refractivity contribution is 5.98. The Morgan fingerprint density at radius 3 is 2.82 bits per heavy atom. The standard InChI is InChI=1S/C12H19N3O2/c1-8(5-6-17-2)15-9-3-4-11(13)10(7-9)12(14)16/h3-4,7-8,15H,5-6,13H2,1-2H3,(H2,14,16). The van der Waals surface area contributed by atoms with Crippen LogP contribution in [0.25, 0.3) is 0 Å². The second-order valence-electron chi connectivity index (χ2n) is 3.99. The van der Waals surface area contributed by atoms with Crippen molar-refractivity contribution in [2.24, 2.45) is 5.73 Å². The Bertz CT molecular complexity index is 393. The minimum Gasteiger partial charge on any atom is -0.398 e. The zero-order chi connectivity index (χ0) is 12.8. The lowest BCUT2D eigenvalue weighted by Gasteiger charge is -2.15. The van der Waals surface area contributed by atoms with E-state index in [9.17, 15) is 4.79 Å². The van der Waals surface area contributed by atoms with Crippen LogP contribution in [0.2, 0.25) is 0 Å². The molecule has 5 nitrogen and oxygen atoms in total. The van der Waals surface area contributed by atoms with E-state index in [1.54, 1.807) is 19.2 Å². The Morgan fingerprint density at radius 1 is 1.53 bits per heavy atom. The van der Waals surface area contributed by atoms with Gasteiger partial charge in [0.25, 0.3) is 5.91 Å². The van der Waals surface area contributed by atoms with Gasteiger partial charge in [0.2, 0.25) is 0 Å². The molecule has 1 unspecified atom stereocenters. The number of carbonyl (C=O) groups is 1. The number of nitrogen functional groups attached to an aromatic ring is 1. The number of methoxy groups -OCH3 is 1. The van der Waals surface area contributed by atoms with Crippen LogP contribution in [0.3, 0.4) is 0 Å². The van der Waals surface area contributed by atoms with Gasteiger partial charge in [-0.1, -0.05) is 0 Å². The fourth-order valence-electron chi connectivity index (χ4n) is 1.51. The summed E-state index contributed by atoms with van der Waals surface area (Å²) in [4.78, 5) is 11.1. The summed E-state index contributed by atoms with van der Waals surface area (Å²) >= 11 is 0. The molecule has 1 aromatic carbocycles. The van der Waals surface area contributed by atoms with Crippen molar-refractivity contribution in [1.82, 2.24) is 0 Å². The molecule has 0 aliphatic heterocycles. The lowest BCUT2D eigenvalue weighted by atomic mass is 10.1. The molecular weight excluding hydrogens is 218 g/mol. The summed E-state index contributed by atoms with van der Waals surface area (Å²) < 4.78 is 5.00. The first-order chi connectivity index (χ1) is 8.04. The van der Waals surface area contributed by atoms with Crippen LogP contribution in [0.5, 0.6) is 0 Å². The van der Waals surface area contributed by atoms with Gasteiger partial charge < -0.3 is 21.5 Å². The lowest BCUT2D eigenvalue weighted by molar-refractivity contribution is 0.100. The molecule has 5 N–H and O–H groups in total. The number of benzene rings is 1. The third-order valence-electron chi connectivity index (χ3n) is 2.49. The highest BCUT2D eigenvalue weighted by atomic mass is 16.5. The first kappa shape index (κ1) is 13.3. The van der Waals surface area contributed by atoms with E-state index in [2.05, 4.69) is 5.32 Å². The van der Waals surface area contributed by atoms with Crippen LogP contribution in [0.15, 0.2) is 18.2 Å². The normalized spacial score (nSPS) is 12.1. The summed E-state index contributed by atoms with van der Waals surface area (Å²) in [5.74, 6) is -0.518. The van der Waals surface area contributed by atoms with Gasteiger partial charge in [0.15, 0.2) is 0 Å². The number of nitrogens with two attached hydrogens (primary N) is 2. The van der Waals surface area contributed by atoms with Crippen LogP contribution in [0.1, 0.15) is 23.7 Å². The zero-order valence-corrected chi connectivity index (χ0v) is 10.2. The quantitative estimate of drug-likeness (QED) is 0.648. The Kier molecular flexibility index (Phi) is 4.78. The SMILES string of the molecule is COCCC(C)Nc1ccc(N)c(C(N)=O)c1. The molecule has 0 fully saturated rings. The Morgan fingerprint density at radius 2 is 2.24 bits per heavy atom. The second-order valence-corrected chi connectivity index (χ2v) is 3.99. The van der Waals surface area contributed by atoms with Crippen molar-refractivity contribution < 1.29 is 9.53 Å². The van der Waals surface area contributed by atoms with Gasteiger partial charge in [-0.15, -0.1) is 0 Å². The fourth-order valence-corrected chi connectivity index (χ4v) is 1.51. The van der Waals surface area contributed by atoms with Crippen LogP contribution in [0.4, 0.5) is 11.4 Å². The van der Waals surface area contributed by atoms with Crippen molar-refractivity contribution in [2.45, 2.75) is 19.4 Å². The number of ether oxygens (including phenoxy) is 1. The van der Waals surface area contributed by atoms with Crippen molar-refractivity contribution in [3.63, 3.8) is 0 Å². The number of amides is 1. The molecule has 1 amide bonds. The zero-order valence-electron chi connectivity index (χ0n) is 10.2. The molecule has 1 atom stereocenters. The molecule has 0 aliphatic rings. The number of rotatable bonds is 6. The van der Waals surface area contributed by atoms with Gasteiger partial charge in [-0.05, 0) is 31.5 Å². The van der Waals surface area contributed by atoms with E-state index >= 15 is 0 Å². The molecule has 0 saturated heterocycles. The predicted molar refractivity (Wildman–Crippen MR) is 69.0 cm³/mol. The summed E-state index contributed by atoms with van der Waals surface area (Å²) in [6.07, 6.45) is 0.882. The Hall–Kier alpha value is -1.75. The maximum Gasteiger partial charge on any atom is 0.250 e. The average Bonchev–Trinajstić information content (AvgIpc) is 2.28. The van der Waals surface area contributed by atoms with E-state index < -0.39 is 5.91 Å². The summed E-state index contributed by atoms with van der Waals surface area (Å²) in [6, 6.07) is 5.41. The summed E-state index contributed by atoms with van der Waals surface area (Å²) in [5, 5.41) is 3.26. The minimum absolute atomic E-state index is 0.249. The van der Waals surface area contributed by atoms with Gasteiger partial charge >= 0.3 is 0 Å². The molecule has 94 valence electrons. The Labute approximate surface area is 101 Å². The predicted octanol–water partition coefficient (Wildman–Crippen LogP) is 1.20. The highest BCUT2D eigenvalue weighted by Crippen LogP contribution is 2.18. The molecule has 1 aromatic rings. The van der Waals surface area contributed by atoms with Gasteiger partial charge in [-0.3, -0.25) is 4.79 Å². The van der Waals surface area contributed by atoms with Crippen molar-refractivity contribution in [3.8, 4) is 0 Å². The number of nitrogens with one attached hydrogen (secondary N) is 1. The van der Waals surface area contributed by atoms with Crippen molar-refractivity contribution in [2.75, 3.05) is 24.8 Å². The lowest BCUT2D eigenvalue weighted by Crippen LogP contribution is -2.18. The third kappa shape index (κ3) is 3.96. The largest absolute Gasteiger partial charge is 0.398 e. The molecule has 0 aromatic heterocycles. The molecule has 5 heteroatoms. The maximum atomic E-state index is 11.1. The molecule has 1 rings (SSSR count). The molecule has 0 saturated carbocycles. The van der Waals surface area contributed by atoms with Gasteiger partial charge in [0.05, 0.1) is 5.56 Å². The van der Waals surface area contributed by atoms with Gasteiger partial charge in [-0.2, -0.15) is 0 Å². The van der Waals surface area contributed by atoms with E-state index in [-0.39, 0.29) is 6.04 Å². The smallest absolute Gasteiger partial charge is 0.250 e. The van der Waals surface area contributed by atoms with Gasteiger partial charge in [0.1, 0.15) is 0 Å². The Balaban J connectivity index is 2.72. The van der Waals surface area contributed by atoms with Crippen molar-refractivity contribution in [1.29, 1.82) is 0 Å². The molecule has 0 spiro atoms. The van der Waals surface area contributed by atoms with Gasteiger partial charge in [-0.25, -0.2) is 0 Å². The first-order valence-electron chi connectivity index (χ1n) is 5.49. The fraction of sp³-hybridized carbons (Fsp3) is 0.417. The van der Waals surface area contributed by atoms with Gasteiger partial charge in [0, 0.05) is 31.1 Å². The molecule has 0 radical (unpaired) electrons. The number of anilines is 2. The van der Waals surface area contributed by atoms with E-state index in [0.717, 1.165) is 12.1 Å². The second kappa shape index (κ2) is 6.10. The number of primary amides is 1. The summed E-state index contributed by atoms with van der Waals surface area (Å²) in [5.41, 5.74) is 12.4.